The zero-order valence-corrected chi connectivity index (χ0v) is 9.80. The molecule has 1 aromatic heterocycles. The molecule has 0 aliphatic rings. The fraction of sp³-hybridized carbons (Fsp3) is 0.182. The third-order valence-corrected chi connectivity index (χ3v) is 2.83. The number of halogens is 1. The summed E-state index contributed by atoms with van der Waals surface area (Å²) in [6.07, 6.45) is 1.39. The molecule has 0 saturated heterocycles. The number of hydrogen-bond donors (Lipinski definition) is 1. The summed E-state index contributed by atoms with van der Waals surface area (Å²) in [6.45, 7) is 1.88. The Labute approximate surface area is 103 Å². The quantitative estimate of drug-likeness (QED) is 0.908. The fourth-order valence-corrected chi connectivity index (χ4v) is 1.81. The first-order valence-electron chi connectivity index (χ1n) is 4.99. The molecule has 0 radical (unpaired) electrons. The molecule has 1 atom stereocenters. The molecule has 88 valence electrons. The summed E-state index contributed by atoms with van der Waals surface area (Å²) in [6, 6.07) is 7.19. The van der Waals surface area contributed by atoms with Crippen molar-refractivity contribution in [3.05, 3.63) is 46.7 Å². The first-order chi connectivity index (χ1) is 8.09. The Bertz CT molecular complexity index is 553. The molecule has 0 unspecified atom stereocenters. The molecule has 0 bridgehead atoms. The highest BCUT2D eigenvalue weighted by Gasteiger charge is 2.15. The van der Waals surface area contributed by atoms with E-state index in [-0.39, 0.29) is 11.7 Å². The van der Waals surface area contributed by atoms with E-state index >= 15 is 0 Å². The third-order valence-electron chi connectivity index (χ3n) is 2.48. The predicted molar refractivity (Wildman–Crippen MR) is 62.2 cm³/mol. The zero-order valence-electron chi connectivity index (χ0n) is 9.04. The largest absolute Gasteiger partial charge is 0.476 e. The predicted octanol–water partition coefficient (Wildman–Crippen LogP) is 2.24. The van der Waals surface area contributed by atoms with Crippen LogP contribution in [0.4, 0.5) is 0 Å². The van der Waals surface area contributed by atoms with Crippen LogP contribution in [0, 0.1) is 0 Å². The SMILES string of the molecule is C[C@H](c1ccccc1Cl)n1cc(C(=O)O)nn1. The summed E-state index contributed by atoms with van der Waals surface area (Å²) < 4.78 is 1.48. The Morgan fingerprint density at radius 2 is 2.18 bits per heavy atom. The monoisotopic (exact) mass is 251 g/mol. The maximum absolute atomic E-state index is 10.7. The normalized spacial score (nSPS) is 12.4. The van der Waals surface area contributed by atoms with Gasteiger partial charge in [0.25, 0.3) is 0 Å². The number of nitrogens with zero attached hydrogens (tertiary/aromatic N) is 3. The van der Waals surface area contributed by atoms with Crippen LogP contribution in [-0.4, -0.2) is 26.1 Å². The lowest BCUT2D eigenvalue weighted by molar-refractivity contribution is 0.0690. The molecule has 0 aliphatic carbocycles. The van der Waals surface area contributed by atoms with Crippen LogP contribution in [0.2, 0.25) is 5.02 Å². The van der Waals surface area contributed by atoms with Gasteiger partial charge in [-0.3, -0.25) is 0 Å². The second-order valence-corrected chi connectivity index (χ2v) is 3.99. The lowest BCUT2D eigenvalue weighted by Crippen LogP contribution is -2.08. The van der Waals surface area contributed by atoms with Crippen LogP contribution in [-0.2, 0) is 0 Å². The van der Waals surface area contributed by atoms with Gasteiger partial charge in [0.1, 0.15) is 0 Å². The molecule has 0 saturated carbocycles. The van der Waals surface area contributed by atoms with Crippen molar-refractivity contribution in [1.29, 1.82) is 0 Å². The number of benzene rings is 1. The number of carboxylic acid groups (broad SMARTS) is 1. The number of aromatic nitrogens is 3. The summed E-state index contributed by atoms with van der Waals surface area (Å²) in [5.41, 5.74) is 0.792. The van der Waals surface area contributed by atoms with Gasteiger partial charge in [0, 0.05) is 5.02 Å². The molecular formula is C11H10ClN3O2. The first kappa shape index (κ1) is 11.6. The van der Waals surface area contributed by atoms with E-state index < -0.39 is 5.97 Å². The van der Waals surface area contributed by atoms with Crippen LogP contribution >= 0.6 is 11.6 Å². The molecular weight excluding hydrogens is 242 g/mol. The maximum Gasteiger partial charge on any atom is 0.358 e. The lowest BCUT2D eigenvalue weighted by atomic mass is 10.1. The van der Waals surface area contributed by atoms with Gasteiger partial charge in [-0.1, -0.05) is 35.0 Å². The van der Waals surface area contributed by atoms with Crippen LogP contribution in [0.15, 0.2) is 30.5 Å². The summed E-state index contributed by atoms with van der Waals surface area (Å²) >= 11 is 6.06. The third kappa shape index (κ3) is 2.29. The molecule has 0 fully saturated rings. The average Bonchev–Trinajstić information content (AvgIpc) is 2.78. The van der Waals surface area contributed by atoms with E-state index in [4.69, 9.17) is 16.7 Å². The van der Waals surface area contributed by atoms with Gasteiger partial charge >= 0.3 is 5.97 Å². The highest BCUT2D eigenvalue weighted by atomic mass is 35.5. The molecule has 6 heteroatoms. The van der Waals surface area contributed by atoms with Gasteiger partial charge in [-0.2, -0.15) is 0 Å². The fourth-order valence-electron chi connectivity index (χ4n) is 1.52. The number of rotatable bonds is 3. The average molecular weight is 252 g/mol. The van der Waals surface area contributed by atoms with Gasteiger partial charge in [0.2, 0.25) is 0 Å². The van der Waals surface area contributed by atoms with Crippen molar-refractivity contribution in [2.45, 2.75) is 13.0 Å². The van der Waals surface area contributed by atoms with Gasteiger partial charge in [-0.15, -0.1) is 5.10 Å². The number of carboxylic acids is 1. The van der Waals surface area contributed by atoms with Crippen LogP contribution in [0.5, 0.6) is 0 Å². The van der Waals surface area contributed by atoms with Gasteiger partial charge < -0.3 is 5.11 Å². The lowest BCUT2D eigenvalue weighted by Gasteiger charge is -2.12. The highest BCUT2D eigenvalue weighted by molar-refractivity contribution is 6.31. The smallest absolute Gasteiger partial charge is 0.358 e. The number of hydrogen-bond acceptors (Lipinski definition) is 3. The van der Waals surface area contributed by atoms with E-state index in [1.165, 1.54) is 10.9 Å². The Morgan fingerprint density at radius 1 is 1.47 bits per heavy atom. The summed E-state index contributed by atoms with van der Waals surface area (Å²) in [5.74, 6) is -1.09. The van der Waals surface area contributed by atoms with E-state index in [2.05, 4.69) is 10.3 Å². The molecule has 1 N–H and O–H groups in total. The topological polar surface area (TPSA) is 68.0 Å². The van der Waals surface area contributed by atoms with Gasteiger partial charge in [-0.25, -0.2) is 9.48 Å². The van der Waals surface area contributed by atoms with E-state index in [0.29, 0.717) is 5.02 Å². The second-order valence-electron chi connectivity index (χ2n) is 3.59. The number of carbonyl (C=O) groups is 1. The Hall–Kier alpha value is -1.88. The van der Waals surface area contributed by atoms with Crippen molar-refractivity contribution < 1.29 is 9.90 Å². The van der Waals surface area contributed by atoms with Crippen LogP contribution in [0.3, 0.4) is 0 Å². The summed E-state index contributed by atoms with van der Waals surface area (Å²) in [4.78, 5) is 10.7. The van der Waals surface area contributed by atoms with E-state index in [9.17, 15) is 4.79 Å². The van der Waals surface area contributed by atoms with Gasteiger partial charge in [0.15, 0.2) is 5.69 Å². The molecule has 1 heterocycles. The van der Waals surface area contributed by atoms with Crippen molar-refractivity contribution in [3.8, 4) is 0 Å². The molecule has 2 aromatic rings. The number of aromatic carboxylic acids is 1. The van der Waals surface area contributed by atoms with Crippen molar-refractivity contribution in [2.24, 2.45) is 0 Å². The molecule has 1 aromatic carbocycles. The van der Waals surface area contributed by atoms with Crippen LogP contribution in [0.1, 0.15) is 29.0 Å². The Balaban J connectivity index is 2.34. The minimum Gasteiger partial charge on any atom is -0.476 e. The van der Waals surface area contributed by atoms with E-state index in [1.807, 2.05) is 25.1 Å². The Kier molecular flexibility index (Phi) is 3.10. The van der Waals surface area contributed by atoms with Crippen LogP contribution < -0.4 is 0 Å². The standard InChI is InChI=1S/C11H10ClN3O2/c1-7(8-4-2-3-5-9(8)12)15-6-10(11(16)17)13-14-15/h2-7H,1H3,(H,16,17)/t7-/m1/s1. The molecule has 17 heavy (non-hydrogen) atoms. The molecule has 5 nitrogen and oxygen atoms in total. The van der Waals surface area contributed by atoms with Crippen LogP contribution in [0.25, 0.3) is 0 Å². The minimum atomic E-state index is -1.09. The molecule has 0 spiro atoms. The summed E-state index contributed by atoms with van der Waals surface area (Å²) in [5, 5.41) is 16.7. The van der Waals surface area contributed by atoms with Gasteiger partial charge in [0.05, 0.1) is 12.2 Å². The van der Waals surface area contributed by atoms with E-state index in [1.54, 1.807) is 6.07 Å². The minimum absolute atomic E-state index is 0.0797. The molecule has 0 amide bonds. The van der Waals surface area contributed by atoms with Gasteiger partial charge in [-0.05, 0) is 18.6 Å². The van der Waals surface area contributed by atoms with Crippen molar-refractivity contribution in [2.75, 3.05) is 0 Å². The summed E-state index contributed by atoms with van der Waals surface area (Å²) in [7, 11) is 0. The molecule has 2 rings (SSSR count). The Morgan fingerprint density at radius 3 is 2.76 bits per heavy atom. The zero-order chi connectivity index (χ0) is 12.4. The van der Waals surface area contributed by atoms with Crippen molar-refractivity contribution in [3.63, 3.8) is 0 Å². The second kappa shape index (κ2) is 4.55. The maximum atomic E-state index is 10.7. The molecule has 0 aliphatic heterocycles. The first-order valence-corrected chi connectivity index (χ1v) is 5.37. The van der Waals surface area contributed by atoms with Crippen molar-refractivity contribution >= 4 is 17.6 Å². The highest BCUT2D eigenvalue weighted by Crippen LogP contribution is 2.24. The van der Waals surface area contributed by atoms with Crippen molar-refractivity contribution in [1.82, 2.24) is 15.0 Å². The van der Waals surface area contributed by atoms with E-state index in [0.717, 1.165) is 5.56 Å².